The number of anilines is 1. The number of urea groups is 1. The van der Waals surface area contributed by atoms with Crippen LogP contribution in [0.5, 0.6) is 5.75 Å². The molecule has 3 amide bonds. The van der Waals surface area contributed by atoms with Crippen molar-refractivity contribution < 1.29 is 19.8 Å². The topological polar surface area (TPSA) is 81.1 Å². The van der Waals surface area contributed by atoms with Gasteiger partial charge < -0.3 is 10.2 Å². The van der Waals surface area contributed by atoms with E-state index in [1.165, 1.54) is 49.4 Å². The number of phenols is 1. The van der Waals surface area contributed by atoms with E-state index in [1.807, 2.05) is 0 Å². The van der Waals surface area contributed by atoms with Crippen LogP contribution in [-0.4, -0.2) is 27.1 Å². The Bertz CT molecular complexity index is 965. The number of amides is 3. The van der Waals surface area contributed by atoms with Crippen LogP contribution in [0.2, 0.25) is 10.0 Å². The summed E-state index contributed by atoms with van der Waals surface area (Å²) in [5.41, 5.74) is -0.868. The summed E-state index contributed by atoms with van der Waals surface area (Å²) >= 11 is 11.9. The first kappa shape index (κ1) is 17.9. The quantitative estimate of drug-likeness (QED) is 0.605. The molecule has 0 bridgehead atoms. The number of phenolic OH excluding ortho intramolecular Hbond substituents is 1. The molecular formula is C18H12Cl2N2O4. The van der Waals surface area contributed by atoms with Crippen molar-refractivity contribution in [1.82, 2.24) is 4.90 Å². The van der Waals surface area contributed by atoms with Crippen molar-refractivity contribution in [2.45, 2.75) is 12.5 Å². The van der Waals surface area contributed by atoms with E-state index < -0.39 is 17.5 Å². The first-order chi connectivity index (χ1) is 12.3. The Morgan fingerprint density at radius 3 is 2.27 bits per heavy atom. The van der Waals surface area contributed by atoms with Crippen LogP contribution >= 0.6 is 23.2 Å². The number of aliphatic hydroxyl groups is 1. The molecule has 2 aromatic carbocycles. The van der Waals surface area contributed by atoms with Gasteiger partial charge in [0.1, 0.15) is 11.9 Å². The van der Waals surface area contributed by atoms with E-state index in [9.17, 15) is 14.7 Å². The van der Waals surface area contributed by atoms with E-state index in [0.29, 0.717) is 5.56 Å². The molecule has 1 saturated heterocycles. The van der Waals surface area contributed by atoms with Crippen LogP contribution in [0.1, 0.15) is 12.5 Å². The Morgan fingerprint density at radius 1 is 1.04 bits per heavy atom. The highest BCUT2D eigenvalue weighted by Crippen LogP contribution is 2.40. The highest BCUT2D eigenvalue weighted by atomic mass is 35.5. The highest BCUT2D eigenvalue weighted by molar-refractivity contribution is 6.42. The lowest BCUT2D eigenvalue weighted by Crippen LogP contribution is -2.41. The molecule has 6 nitrogen and oxygen atoms in total. The van der Waals surface area contributed by atoms with Gasteiger partial charge in [0.25, 0.3) is 5.91 Å². The second-order valence-electron chi connectivity index (χ2n) is 5.70. The molecule has 3 rings (SSSR count). The van der Waals surface area contributed by atoms with Gasteiger partial charge in [0.2, 0.25) is 0 Å². The van der Waals surface area contributed by atoms with Crippen LogP contribution in [-0.2, 0) is 10.3 Å². The fourth-order valence-corrected chi connectivity index (χ4v) is 3.08. The van der Waals surface area contributed by atoms with Gasteiger partial charge in [-0.3, -0.25) is 4.79 Å². The molecule has 132 valence electrons. The minimum absolute atomic E-state index is 0.00949. The molecule has 0 spiro atoms. The van der Waals surface area contributed by atoms with Gasteiger partial charge >= 0.3 is 6.03 Å². The van der Waals surface area contributed by atoms with Gasteiger partial charge in [0.05, 0.1) is 21.8 Å². The van der Waals surface area contributed by atoms with Crippen LogP contribution < -0.4 is 4.90 Å². The first-order valence-corrected chi connectivity index (χ1v) is 8.14. The summed E-state index contributed by atoms with van der Waals surface area (Å²) in [4.78, 5) is 27.9. The predicted octanol–water partition coefficient (Wildman–Crippen LogP) is 3.67. The molecule has 1 unspecified atom stereocenters. The molecule has 2 aromatic rings. The Morgan fingerprint density at radius 2 is 1.69 bits per heavy atom. The molecule has 2 N–H and O–H groups in total. The number of nitrogens with zero attached hydrogens (tertiary/aromatic N) is 2. The molecule has 1 aliphatic heterocycles. The predicted molar refractivity (Wildman–Crippen MR) is 96.4 cm³/mol. The maximum Gasteiger partial charge on any atom is 0.344 e. The van der Waals surface area contributed by atoms with Gasteiger partial charge in [-0.25, -0.2) is 14.6 Å². The molecule has 8 heteroatoms. The number of imide groups is 1. The molecule has 1 atom stereocenters. The molecule has 1 fully saturated rings. The highest BCUT2D eigenvalue weighted by Gasteiger charge is 2.56. The standard InChI is InChI=1S/C18H12Cl2N2O4/c1-18(11-2-5-13(24)6-3-11)16(25)22(17(26)21(18)8-9-23)12-4-7-14(19)15(20)10-12/h2-7,10,23-24H,1H3. The van der Waals surface area contributed by atoms with Crippen molar-refractivity contribution in [2.24, 2.45) is 0 Å². The van der Waals surface area contributed by atoms with Crippen LogP contribution in [0.25, 0.3) is 0 Å². The number of benzene rings is 2. The molecule has 0 aromatic heterocycles. The minimum Gasteiger partial charge on any atom is -0.508 e. The third kappa shape index (κ3) is 2.62. The Balaban J connectivity index is 2.16. The number of carbonyl (C=O) groups excluding carboxylic acids is 2. The number of rotatable bonds is 2. The molecule has 1 aliphatic rings. The lowest BCUT2D eigenvalue weighted by atomic mass is 9.90. The van der Waals surface area contributed by atoms with Gasteiger partial charge in [0, 0.05) is 0 Å². The van der Waals surface area contributed by atoms with Crippen LogP contribution in [0, 0.1) is 12.2 Å². The Kier molecular flexibility index (Phi) is 4.45. The lowest BCUT2D eigenvalue weighted by Gasteiger charge is -2.27. The molecule has 0 radical (unpaired) electrons. The summed E-state index contributed by atoms with van der Waals surface area (Å²) in [6.45, 7) is 1.50. The van der Waals surface area contributed by atoms with Gasteiger partial charge in [-0.2, -0.15) is 0 Å². The summed E-state index contributed by atoms with van der Waals surface area (Å²) < 4.78 is 0. The molecule has 0 aliphatic carbocycles. The van der Waals surface area contributed by atoms with Crippen molar-refractivity contribution >= 4 is 40.8 Å². The monoisotopic (exact) mass is 390 g/mol. The zero-order valence-electron chi connectivity index (χ0n) is 13.4. The largest absolute Gasteiger partial charge is 0.508 e. The fourth-order valence-electron chi connectivity index (χ4n) is 2.79. The maximum absolute atomic E-state index is 13.2. The second-order valence-corrected chi connectivity index (χ2v) is 6.51. The number of aromatic hydroxyl groups is 1. The van der Waals surface area contributed by atoms with E-state index in [4.69, 9.17) is 28.3 Å². The summed E-state index contributed by atoms with van der Waals surface area (Å²) in [6, 6.07) is 11.7. The van der Waals surface area contributed by atoms with E-state index in [-0.39, 0.29) is 21.5 Å². The van der Waals surface area contributed by atoms with Gasteiger partial charge in [-0.05, 0) is 42.8 Å². The fraction of sp³-hybridized carbons (Fsp3) is 0.111. The van der Waals surface area contributed by atoms with E-state index >= 15 is 0 Å². The second kappa shape index (κ2) is 6.45. The summed E-state index contributed by atoms with van der Waals surface area (Å²) in [6.07, 6.45) is 1.67. The van der Waals surface area contributed by atoms with Gasteiger partial charge in [0.15, 0.2) is 5.54 Å². The minimum atomic E-state index is -1.51. The van der Waals surface area contributed by atoms with E-state index in [0.717, 1.165) is 9.80 Å². The Hall–Kier alpha value is -2.88. The number of hydrogen-bond donors (Lipinski definition) is 2. The maximum atomic E-state index is 13.2. The normalized spacial score (nSPS) is 19.5. The third-order valence-electron chi connectivity index (χ3n) is 4.20. The van der Waals surface area contributed by atoms with Crippen LogP contribution in [0.3, 0.4) is 0 Å². The summed E-state index contributed by atoms with van der Waals surface area (Å²) in [5.74, 6) is -0.579. The Labute approximate surface area is 159 Å². The number of carbonyl (C=O) groups is 2. The number of halogens is 2. The summed E-state index contributed by atoms with van der Waals surface area (Å²) in [7, 11) is 0. The van der Waals surface area contributed by atoms with Crippen molar-refractivity contribution in [2.75, 3.05) is 4.90 Å². The van der Waals surface area contributed by atoms with Crippen molar-refractivity contribution in [3.8, 4) is 17.9 Å². The molecule has 1 heterocycles. The molecular weight excluding hydrogens is 379 g/mol. The van der Waals surface area contributed by atoms with Gasteiger partial charge in [-0.1, -0.05) is 35.3 Å². The van der Waals surface area contributed by atoms with Crippen molar-refractivity contribution in [3.63, 3.8) is 0 Å². The average Bonchev–Trinajstić information content (AvgIpc) is 2.80. The number of hydrogen-bond acceptors (Lipinski definition) is 4. The van der Waals surface area contributed by atoms with Gasteiger partial charge in [-0.15, -0.1) is 0 Å². The van der Waals surface area contributed by atoms with E-state index in [1.54, 1.807) is 6.11 Å². The zero-order valence-corrected chi connectivity index (χ0v) is 14.9. The first-order valence-electron chi connectivity index (χ1n) is 7.38. The van der Waals surface area contributed by atoms with Crippen molar-refractivity contribution in [3.05, 3.63) is 58.1 Å². The number of aliphatic hydroxyl groups excluding tert-OH is 1. The summed E-state index contributed by atoms with van der Waals surface area (Å²) in [5, 5.41) is 19.0. The lowest BCUT2D eigenvalue weighted by molar-refractivity contribution is -0.123. The average molecular weight is 391 g/mol. The van der Waals surface area contributed by atoms with Crippen molar-refractivity contribution in [1.29, 1.82) is 0 Å². The SMILES string of the molecule is CC1(c2ccc(O)cc2)C(=O)N(c2ccc(Cl)c(Cl)c2)C(=O)N1C#CO. The molecule has 26 heavy (non-hydrogen) atoms. The zero-order chi connectivity index (χ0) is 19.1. The van der Waals surface area contributed by atoms with E-state index in [2.05, 4.69) is 6.04 Å². The smallest absolute Gasteiger partial charge is 0.344 e. The van der Waals surface area contributed by atoms with Crippen LogP contribution in [0.4, 0.5) is 10.5 Å². The van der Waals surface area contributed by atoms with Crippen LogP contribution in [0.15, 0.2) is 42.5 Å². The molecule has 0 saturated carbocycles. The third-order valence-corrected chi connectivity index (χ3v) is 4.94.